The van der Waals surface area contributed by atoms with Crippen molar-refractivity contribution in [3.8, 4) is 0 Å². The van der Waals surface area contributed by atoms with Gasteiger partial charge in [0.05, 0.1) is 9.88 Å². The zero-order chi connectivity index (χ0) is 14.1. The number of nitrogens with one attached hydrogen (secondary N) is 1. The summed E-state index contributed by atoms with van der Waals surface area (Å²) in [7, 11) is -3.58. The molecule has 0 aliphatic heterocycles. The third-order valence-corrected chi connectivity index (χ3v) is 5.98. The van der Waals surface area contributed by atoms with Crippen LogP contribution in [0.2, 0.25) is 4.34 Å². The number of thiophene rings is 1. The molecule has 0 aromatic carbocycles. The minimum Gasteiger partial charge on any atom is -0.265 e. The lowest BCUT2D eigenvalue weighted by Crippen LogP contribution is -2.40. The van der Waals surface area contributed by atoms with Gasteiger partial charge in [0.1, 0.15) is 4.21 Å². The number of hydrogen-bond acceptors (Lipinski definition) is 4. The minimum atomic E-state index is -3.58. The zero-order valence-corrected chi connectivity index (χ0v) is 12.8. The van der Waals surface area contributed by atoms with Gasteiger partial charge in [-0.2, -0.15) is 0 Å². The van der Waals surface area contributed by atoms with Gasteiger partial charge in [-0.1, -0.05) is 11.6 Å². The lowest BCUT2D eigenvalue weighted by atomic mass is 9.97. The number of rotatable bonds is 4. The smallest absolute Gasteiger partial charge is 0.250 e. The van der Waals surface area contributed by atoms with Gasteiger partial charge in [-0.25, -0.2) is 13.1 Å². The normalized spacial score (nSPS) is 12.6. The Labute approximate surface area is 121 Å². The molecule has 7 heteroatoms. The minimum absolute atomic E-state index is 0.208. The highest BCUT2D eigenvalue weighted by Gasteiger charge is 2.28. The average Bonchev–Trinajstić information content (AvgIpc) is 2.77. The van der Waals surface area contributed by atoms with Crippen molar-refractivity contribution in [1.29, 1.82) is 0 Å². The molecule has 2 aromatic rings. The van der Waals surface area contributed by atoms with Crippen LogP contribution in [0.4, 0.5) is 0 Å². The summed E-state index contributed by atoms with van der Waals surface area (Å²) in [6, 6.07) is 6.63. The van der Waals surface area contributed by atoms with Crippen molar-refractivity contribution in [2.75, 3.05) is 0 Å². The molecule has 102 valence electrons. The van der Waals surface area contributed by atoms with Crippen LogP contribution in [0.15, 0.2) is 40.9 Å². The molecule has 0 aliphatic carbocycles. The van der Waals surface area contributed by atoms with Crippen LogP contribution in [0.1, 0.15) is 19.4 Å². The Morgan fingerprint density at radius 3 is 2.37 bits per heavy atom. The number of halogens is 1. The first-order valence-corrected chi connectivity index (χ1v) is 8.19. The Hall–Kier alpha value is -0.950. The van der Waals surface area contributed by atoms with E-state index in [9.17, 15) is 8.42 Å². The SMILES string of the molecule is CC(C)(NS(=O)(=O)c1ccc(Cl)s1)c1ccncc1. The van der Waals surface area contributed by atoms with Gasteiger partial charge < -0.3 is 0 Å². The van der Waals surface area contributed by atoms with Crippen LogP contribution in [0.3, 0.4) is 0 Å². The van der Waals surface area contributed by atoms with Crippen LogP contribution in [0, 0.1) is 0 Å². The Kier molecular flexibility index (Phi) is 3.96. The van der Waals surface area contributed by atoms with Gasteiger partial charge in [0.15, 0.2) is 0 Å². The van der Waals surface area contributed by atoms with Crippen molar-refractivity contribution in [1.82, 2.24) is 9.71 Å². The molecule has 0 amide bonds. The van der Waals surface area contributed by atoms with Crippen LogP contribution in [-0.2, 0) is 15.6 Å². The second kappa shape index (κ2) is 5.20. The molecule has 0 atom stereocenters. The summed E-state index contributed by atoms with van der Waals surface area (Å²) in [5.41, 5.74) is 0.117. The van der Waals surface area contributed by atoms with Crippen molar-refractivity contribution in [3.05, 3.63) is 46.6 Å². The number of nitrogens with zero attached hydrogens (tertiary/aromatic N) is 1. The number of hydrogen-bond donors (Lipinski definition) is 1. The summed E-state index contributed by atoms with van der Waals surface area (Å²) in [4.78, 5) is 3.92. The van der Waals surface area contributed by atoms with Gasteiger partial charge in [-0.05, 0) is 43.7 Å². The molecule has 0 unspecified atom stereocenters. The first-order valence-electron chi connectivity index (χ1n) is 5.51. The Morgan fingerprint density at radius 1 is 1.21 bits per heavy atom. The standard InChI is InChI=1S/C12H13ClN2O2S2/c1-12(2,9-5-7-14-8-6-9)15-19(16,17)11-4-3-10(13)18-11/h3-8,15H,1-2H3. The highest BCUT2D eigenvalue weighted by atomic mass is 35.5. The molecule has 0 radical (unpaired) electrons. The molecule has 0 aliphatic rings. The second-order valence-corrected chi connectivity index (χ2v) is 8.15. The van der Waals surface area contributed by atoms with Crippen molar-refractivity contribution in [2.45, 2.75) is 23.6 Å². The van der Waals surface area contributed by atoms with E-state index in [1.165, 1.54) is 6.07 Å². The molecule has 19 heavy (non-hydrogen) atoms. The molecule has 0 bridgehead atoms. The summed E-state index contributed by atoms with van der Waals surface area (Å²) >= 11 is 6.81. The van der Waals surface area contributed by atoms with Crippen molar-refractivity contribution in [2.24, 2.45) is 0 Å². The van der Waals surface area contributed by atoms with E-state index >= 15 is 0 Å². The van der Waals surface area contributed by atoms with E-state index in [2.05, 4.69) is 9.71 Å². The first-order chi connectivity index (χ1) is 8.81. The van der Waals surface area contributed by atoms with E-state index in [4.69, 9.17) is 11.6 Å². The molecule has 2 rings (SSSR count). The zero-order valence-electron chi connectivity index (χ0n) is 10.4. The molecule has 4 nitrogen and oxygen atoms in total. The van der Waals surface area contributed by atoms with E-state index in [0.717, 1.165) is 16.9 Å². The second-order valence-electron chi connectivity index (χ2n) is 4.52. The quantitative estimate of drug-likeness (QED) is 0.943. The van der Waals surface area contributed by atoms with Gasteiger partial charge in [0, 0.05) is 12.4 Å². The summed E-state index contributed by atoms with van der Waals surface area (Å²) in [5, 5.41) is 0. The molecule has 0 saturated heterocycles. The van der Waals surface area contributed by atoms with Crippen molar-refractivity contribution >= 4 is 33.0 Å². The van der Waals surface area contributed by atoms with E-state index in [0.29, 0.717) is 4.34 Å². The molecule has 0 saturated carbocycles. The number of sulfonamides is 1. The fourth-order valence-corrected chi connectivity index (χ4v) is 4.54. The summed E-state index contributed by atoms with van der Waals surface area (Å²) in [6.45, 7) is 3.60. The molecule has 0 spiro atoms. The molecule has 2 heterocycles. The lowest BCUT2D eigenvalue weighted by molar-refractivity contribution is 0.472. The predicted molar refractivity (Wildman–Crippen MR) is 76.9 cm³/mol. The molecule has 0 fully saturated rings. The highest BCUT2D eigenvalue weighted by molar-refractivity contribution is 7.91. The monoisotopic (exact) mass is 316 g/mol. The average molecular weight is 317 g/mol. The lowest BCUT2D eigenvalue weighted by Gasteiger charge is -2.25. The third-order valence-electron chi connectivity index (χ3n) is 2.60. The topological polar surface area (TPSA) is 59.1 Å². The third kappa shape index (κ3) is 3.33. The Balaban J connectivity index is 2.30. The van der Waals surface area contributed by atoms with Crippen LogP contribution in [0.25, 0.3) is 0 Å². The van der Waals surface area contributed by atoms with Crippen LogP contribution in [0.5, 0.6) is 0 Å². The van der Waals surface area contributed by atoms with E-state index in [1.807, 2.05) is 0 Å². The Bertz CT molecular complexity index is 666. The summed E-state index contributed by atoms with van der Waals surface area (Å²) in [5.74, 6) is 0. The molecule has 2 aromatic heterocycles. The van der Waals surface area contributed by atoms with Gasteiger partial charge in [-0.3, -0.25) is 4.98 Å². The van der Waals surface area contributed by atoms with Gasteiger partial charge in [-0.15, -0.1) is 11.3 Å². The maximum atomic E-state index is 12.3. The number of pyridine rings is 1. The largest absolute Gasteiger partial charge is 0.265 e. The fraction of sp³-hybridized carbons (Fsp3) is 0.250. The van der Waals surface area contributed by atoms with Gasteiger partial charge in [0.2, 0.25) is 0 Å². The number of aromatic nitrogens is 1. The van der Waals surface area contributed by atoms with Crippen molar-refractivity contribution in [3.63, 3.8) is 0 Å². The maximum absolute atomic E-state index is 12.3. The van der Waals surface area contributed by atoms with E-state index < -0.39 is 15.6 Å². The maximum Gasteiger partial charge on any atom is 0.250 e. The fourth-order valence-electron chi connectivity index (χ4n) is 1.66. The summed E-state index contributed by atoms with van der Waals surface area (Å²) < 4.78 is 27.8. The molecular formula is C12H13ClN2O2S2. The van der Waals surface area contributed by atoms with Crippen molar-refractivity contribution < 1.29 is 8.42 Å². The first kappa shape index (κ1) is 14.5. The van der Waals surface area contributed by atoms with Crippen LogP contribution < -0.4 is 4.72 Å². The van der Waals surface area contributed by atoms with Crippen LogP contribution >= 0.6 is 22.9 Å². The highest BCUT2D eigenvalue weighted by Crippen LogP contribution is 2.28. The summed E-state index contributed by atoms with van der Waals surface area (Å²) in [6.07, 6.45) is 3.26. The Morgan fingerprint density at radius 2 is 1.84 bits per heavy atom. The predicted octanol–water partition coefficient (Wildman–Crippen LogP) is 3.01. The molecule has 1 N–H and O–H groups in total. The van der Waals surface area contributed by atoms with E-state index in [1.54, 1.807) is 44.4 Å². The molecular weight excluding hydrogens is 304 g/mol. The van der Waals surface area contributed by atoms with Crippen LogP contribution in [-0.4, -0.2) is 13.4 Å². The van der Waals surface area contributed by atoms with E-state index in [-0.39, 0.29) is 4.21 Å². The van der Waals surface area contributed by atoms with Gasteiger partial charge in [0.25, 0.3) is 10.0 Å². The van der Waals surface area contributed by atoms with Gasteiger partial charge >= 0.3 is 0 Å².